The number of rotatable bonds is 7. The molecule has 0 spiro atoms. The molecule has 1 aliphatic carbocycles. The largest absolute Gasteiger partial charge is 0.493 e. The number of benzene rings is 2. The van der Waals surface area contributed by atoms with E-state index >= 15 is 0 Å². The standard InChI is InChI=1S/C23H24O7/c1-26-18-8-7-16(14-5-6-17-15(11-14)12-29-21(17)24)19(20(18)27-2)30-13-23(9-4-10-23)22(25)28-3/h5-8,11H,4,9-10,12-13H2,1-3H3/i1D2,2D2. The molecular formula is C23H24O7. The number of ether oxygens (including phenoxy) is 5. The van der Waals surface area contributed by atoms with Gasteiger partial charge in [0.15, 0.2) is 11.5 Å². The van der Waals surface area contributed by atoms with Crippen LogP contribution < -0.4 is 14.2 Å². The number of fused-ring (bicyclic) bond motifs is 1. The number of carbonyl (C=O) groups excluding carboxylic acids is 2. The average molecular weight is 416 g/mol. The minimum atomic E-state index is -1.75. The van der Waals surface area contributed by atoms with Crippen LogP contribution in [0, 0.1) is 5.41 Å². The van der Waals surface area contributed by atoms with Crippen LogP contribution in [-0.4, -0.2) is 39.8 Å². The van der Waals surface area contributed by atoms with E-state index in [0.29, 0.717) is 35.1 Å². The second-order valence-corrected chi connectivity index (χ2v) is 7.37. The quantitative estimate of drug-likeness (QED) is 0.636. The van der Waals surface area contributed by atoms with Gasteiger partial charge in [-0.2, -0.15) is 0 Å². The molecule has 0 unspecified atom stereocenters. The highest BCUT2D eigenvalue weighted by Gasteiger charge is 2.46. The van der Waals surface area contributed by atoms with E-state index in [9.17, 15) is 9.59 Å². The highest BCUT2D eigenvalue weighted by atomic mass is 16.5. The van der Waals surface area contributed by atoms with E-state index in [4.69, 9.17) is 29.2 Å². The molecule has 0 saturated heterocycles. The van der Waals surface area contributed by atoms with Crippen molar-refractivity contribution in [1.29, 1.82) is 0 Å². The molecule has 0 aromatic heterocycles. The van der Waals surface area contributed by atoms with E-state index in [-0.39, 0.29) is 36.4 Å². The lowest BCUT2D eigenvalue weighted by molar-refractivity contribution is -0.161. The minimum absolute atomic E-state index is 0.0368. The predicted molar refractivity (Wildman–Crippen MR) is 108 cm³/mol. The summed E-state index contributed by atoms with van der Waals surface area (Å²) >= 11 is 0. The summed E-state index contributed by atoms with van der Waals surface area (Å²) in [4.78, 5) is 24.3. The fourth-order valence-corrected chi connectivity index (χ4v) is 3.86. The second-order valence-electron chi connectivity index (χ2n) is 7.37. The Hall–Kier alpha value is -3.22. The van der Waals surface area contributed by atoms with Crippen molar-refractivity contribution >= 4 is 11.9 Å². The zero-order chi connectivity index (χ0) is 24.5. The van der Waals surface area contributed by atoms with Crippen molar-refractivity contribution < 1.29 is 38.8 Å². The first-order valence-corrected chi connectivity index (χ1v) is 9.45. The normalized spacial score (nSPS) is 18.3. The maximum Gasteiger partial charge on any atom is 0.338 e. The van der Waals surface area contributed by atoms with Crippen molar-refractivity contribution in [2.45, 2.75) is 25.9 Å². The van der Waals surface area contributed by atoms with Crippen LogP contribution in [0.15, 0.2) is 30.3 Å². The molecule has 1 heterocycles. The lowest BCUT2D eigenvalue weighted by Crippen LogP contribution is -2.44. The molecule has 0 N–H and O–H groups in total. The first kappa shape index (κ1) is 15.6. The molecule has 30 heavy (non-hydrogen) atoms. The molecule has 0 radical (unpaired) electrons. The number of carbonyl (C=O) groups is 2. The van der Waals surface area contributed by atoms with Crippen LogP contribution in [0.5, 0.6) is 17.2 Å². The summed E-state index contributed by atoms with van der Waals surface area (Å²) in [5.41, 5.74) is 1.47. The third-order valence-corrected chi connectivity index (χ3v) is 5.74. The van der Waals surface area contributed by atoms with Gasteiger partial charge in [0.05, 0.1) is 32.3 Å². The first-order chi connectivity index (χ1) is 16.2. The van der Waals surface area contributed by atoms with Crippen molar-refractivity contribution in [3.05, 3.63) is 41.5 Å². The summed E-state index contributed by atoms with van der Waals surface area (Å²) in [6.07, 6.45) is 2.01. The SMILES string of the molecule is [2H]C([2H])Oc1ccc(-c2ccc3c(c2)COC3=O)c(OCC2(C(=O)OC)CCC2)c1OC([2H])[2H]. The summed E-state index contributed by atoms with van der Waals surface area (Å²) in [6, 6.07) is 8.20. The molecule has 1 fully saturated rings. The average Bonchev–Trinajstić information content (AvgIpc) is 3.14. The molecule has 7 heteroatoms. The Kier molecular flexibility index (Phi) is 4.10. The lowest BCUT2D eigenvalue weighted by atomic mass is 9.69. The van der Waals surface area contributed by atoms with Gasteiger partial charge in [-0.15, -0.1) is 0 Å². The minimum Gasteiger partial charge on any atom is -0.493 e. The van der Waals surface area contributed by atoms with Gasteiger partial charge in [-0.1, -0.05) is 12.5 Å². The van der Waals surface area contributed by atoms with Crippen LogP contribution in [0.2, 0.25) is 0 Å². The van der Waals surface area contributed by atoms with Gasteiger partial charge in [0, 0.05) is 11.1 Å². The molecule has 0 atom stereocenters. The van der Waals surface area contributed by atoms with Crippen molar-refractivity contribution in [3.8, 4) is 28.4 Å². The van der Waals surface area contributed by atoms with E-state index in [1.54, 1.807) is 24.3 Å². The van der Waals surface area contributed by atoms with Gasteiger partial charge in [0.1, 0.15) is 18.6 Å². The van der Waals surface area contributed by atoms with Crippen molar-refractivity contribution in [2.75, 3.05) is 27.8 Å². The third kappa shape index (κ3) is 3.24. The number of hydrogen-bond acceptors (Lipinski definition) is 7. The monoisotopic (exact) mass is 416 g/mol. The molecule has 1 saturated carbocycles. The lowest BCUT2D eigenvalue weighted by Gasteiger charge is -2.38. The van der Waals surface area contributed by atoms with E-state index in [0.717, 1.165) is 6.42 Å². The van der Waals surface area contributed by atoms with Gasteiger partial charge < -0.3 is 23.7 Å². The molecule has 1 aliphatic heterocycles. The van der Waals surface area contributed by atoms with Gasteiger partial charge in [-0.05, 0) is 42.7 Å². The zero-order valence-corrected chi connectivity index (χ0v) is 16.4. The Balaban J connectivity index is 1.80. The van der Waals surface area contributed by atoms with E-state index in [1.807, 2.05) is 0 Å². The highest BCUT2D eigenvalue weighted by molar-refractivity contribution is 5.94. The molecule has 7 nitrogen and oxygen atoms in total. The molecule has 158 valence electrons. The maximum absolute atomic E-state index is 12.4. The number of hydrogen-bond donors (Lipinski definition) is 0. The smallest absolute Gasteiger partial charge is 0.338 e. The summed E-state index contributed by atoms with van der Waals surface area (Å²) in [5.74, 6) is -0.857. The van der Waals surface area contributed by atoms with Crippen LogP contribution in [0.3, 0.4) is 0 Å². The Morgan fingerprint density at radius 2 is 1.93 bits per heavy atom. The fourth-order valence-electron chi connectivity index (χ4n) is 3.86. The second kappa shape index (κ2) is 7.89. The van der Waals surface area contributed by atoms with Crippen LogP contribution >= 0.6 is 0 Å². The number of esters is 2. The van der Waals surface area contributed by atoms with Gasteiger partial charge in [0.2, 0.25) is 5.75 Å². The van der Waals surface area contributed by atoms with Gasteiger partial charge in [-0.25, -0.2) is 4.79 Å². The number of methoxy groups -OCH3 is 3. The molecule has 0 bridgehead atoms. The van der Waals surface area contributed by atoms with Crippen LogP contribution in [0.25, 0.3) is 11.1 Å². The first-order valence-electron chi connectivity index (χ1n) is 11.8. The Bertz CT molecular complexity index is 1100. The van der Waals surface area contributed by atoms with Crippen LogP contribution in [0.4, 0.5) is 0 Å². The van der Waals surface area contributed by atoms with E-state index in [1.165, 1.54) is 13.2 Å². The van der Waals surface area contributed by atoms with Gasteiger partial charge >= 0.3 is 11.9 Å². The third-order valence-electron chi connectivity index (χ3n) is 5.74. The fraction of sp³-hybridized carbons (Fsp3) is 0.391. The topological polar surface area (TPSA) is 80.3 Å². The van der Waals surface area contributed by atoms with Crippen LogP contribution in [-0.2, 0) is 20.9 Å². The Morgan fingerprint density at radius 3 is 2.63 bits per heavy atom. The van der Waals surface area contributed by atoms with Crippen LogP contribution in [0.1, 0.15) is 40.7 Å². The van der Waals surface area contributed by atoms with Crippen molar-refractivity contribution in [1.82, 2.24) is 0 Å². The van der Waals surface area contributed by atoms with Crippen molar-refractivity contribution in [2.24, 2.45) is 5.41 Å². The summed E-state index contributed by atoms with van der Waals surface area (Å²) in [7, 11) is -2.12. The number of cyclic esters (lactones) is 1. The molecular weight excluding hydrogens is 388 g/mol. The Morgan fingerprint density at radius 1 is 1.13 bits per heavy atom. The maximum atomic E-state index is 12.4. The van der Waals surface area contributed by atoms with Gasteiger partial charge in [-0.3, -0.25) is 4.79 Å². The molecule has 4 rings (SSSR count). The summed E-state index contributed by atoms with van der Waals surface area (Å²) < 4.78 is 56.9. The summed E-state index contributed by atoms with van der Waals surface area (Å²) in [6.45, 7) is 0.0972. The highest BCUT2D eigenvalue weighted by Crippen LogP contribution is 2.48. The van der Waals surface area contributed by atoms with E-state index in [2.05, 4.69) is 0 Å². The molecule has 2 aromatic rings. The molecule has 2 aliphatic rings. The molecule has 2 aromatic carbocycles. The van der Waals surface area contributed by atoms with Crippen molar-refractivity contribution in [3.63, 3.8) is 0 Å². The predicted octanol–water partition coefficient (Wildman–Crippen LogP) is 3.76. The van der Waals surface area contributed by atoms with Gasteiger partial charge in [0.25, 0.3) is 0 Å². The molecule has 0 amide bonds. The Labute approximate surface area is 180 Å². The van der Waals surface area contributed by atoms with E-state index < -0.39 is 25.5 Å². The summed E-state index contributed by atoms with van der Waals surface area (Å²) in [5, 5.41) is 0. The zero-order valence-electron chi connectivity index (χ0n) is 20.4.